The van der Waals surface area contributed by atoms with Gasteiger partial charge in [-0.1, -0.05) is 11.6 Å². The van der Waals surface area contributed by atoms with Crippen LogP contribution in [0.4, 0.5) is 10.1 Å². The zero-order chi connectivity index (χ0) is 15.0. The summed E-state index contributed by atoms with van der Waals surface area (Å²) in [4.78, 5) is 15.4. The van der Waals surface area contributed by atoms with Gasteiger partial charge in [0.25, 0.3) is 0 Å². The number of carbonyl (C=O) groups excluding carboxylic acids is 1. The maximum atomic E-state index is 13.1. The minimum Gasteiger partial charge on any atom is -0.436 e. The molecule has 1 N–H and O–H groups in total. The molecule has 1 amide bonds. The molecule has 0 saturated heterocycles. The van der Waals surface area contributed by atoms with Gasteiger partial charge in [0, 0.05) is 12.6 Å². The Morgan fingerprint density at radius 1 is 1.29 bits per heavy atom. The number of nitrogens with one attached hydrogen (secondary N) is 1. The molecule has 0 aliphatic heterocycles. The van der Waals surface area contributed by atoms with E-state index in [1.165, 1.54) is 25.1 Å². The number of nitrogens with zero attached hydrogens (tertiary/aromatic N) is 1. The zero-order valence-electron chi connectivity index (χ0n) is 11.0. The average Bonchev–Trinajstić information content (AvgIpc) is 2.80. The molecule has 0 radical (unpaired) electrons. The number of oxazole rings is 1. The third-order valence-electron chi connectivity index (χ3n) is 2.87. The minimum absolute atomic E-state index is 0.167. The van der Waals surface area contributed by atoms with Crippen LogP contribution in [0, 0.1) is 5.82 Å². The highest BCUT2D eigenvalue weighted by molar-refractivity contribution is 6.33. The van der Waals surface area contributed by atoms with Crippen LogP contribution in [0.3, 0.4) is 0 Å². The molecule has 2 aromatic carbocycles. The van der Waals surface area contributed by atoms with Crippen molar-refractivity contribution < 1.29 is 13.6 Å². The highest BCUT2D eigenvalue weighted by Crippen LogP contribution is 2.31. The molecule has 0 atom stereocenters. The predicted octanol–water partition coefficient (Wildman–Crippen LogP) is 4.25. The van der Waals surface area contributed by atoms with Gasteiger partial charge in [-0.3, -0.25) is 4.79 Å². The van der Waals surface area contributed by atoms with Crippen LogP contribution in [0.25, 0.3) is 22.6 Å². The summed E-state index contributed by atoms with van der Waals surface area (Å²) in [7, 11) is 0. The molecule has 3 aromatic rings. The van der Waals surface area contributed by atoms with Gasteiger partial charge < -0.3 is 9.73 Å². The van der Waals surface area contributed by atoms with Crippen molar-refractivity contribution in [3.8, 4) is 11.5 Å². The first-order valence-electron chi connectivity index (χ1n) is 6.16. The van der Waals surface area contributed by atoms with Crippen molar-refractivity contribution in [2.24, 2.45) is 0 Å². The standard InChI is InChI=1S/C15H10ClFN2O2/c1-8(20)18-10-3-5-14-13(7-10)19-15(21-14)11-4-2-9(17)6-12(11)16/h2-7H,1H3,(H,18,20). The smallest absolute Gasteiger partial charge is 0.228 e. The van der Waals surface area contributed by atoms with Gasteiger partial charge in [0.1, 0.15) is 11.3 Å². The van der Waals surface area contributed by atoms with E-state index in [-0.39, 0.29) is 10.9 Å². The van der Waals surface area contributed by atoms with E-state index >= 15 is 0 Å². The van der Waals surface area contributed by atoms with Gasteiger partial charge in [-0.05, 0) is 36.4 Å². The number of hydrogen-bond acceptors (Lipinski definition) is 3. The summed E-state index contributed by atoms with van der Waals surface area (Å²) in [6.45, 7) is 1.43. The Morgan fingerprint density at radius 3 is 2.81 bits per heavy atom. The fourth-order valence-electron chi connectivity index (χ4n) is 1.99. The van der Waals surface area contributed by atoms with Crippen molar-refractivity contribution in [3.63, 3.8) is 0 Å². The normalized spacial score (nSPS) is 10.8. The second-order valence-electron chi connectivity index (χ2n) is 4.51. The van der Waals surface area contributed by atoms with Crippen molar-refractivity contribution in [2.75, 3.05) is 5.32 Å². The Bertz CT molecular complexity index is 845. The zero-order valence-corrected chi connectivity index (χ0v) is 11.7. The first-order chi connectivity index (χ1) is 10.0. The minimum atomic E-state index is -0.423. The first kappa shape index (κ1) is 13.6. The second-order valence-corrected chi connectivity index (χ2v) is 4.91. The molecular formula is C15H10ClFN2O2. The molecule has 0 unspecified atom stereocenters. The van der Waals surface area contributed by atoms with Crippen molar-refractivity contribution >= 4 is 34.3 Å². The summed E-state index contributed by atoms with van der Waals surface area (Å²) < 4.78 is 18.7. The summed E-state index contributed by atoms with van der Waals surface area (Å²) in [5, 5.41) is 2.89. The molecule has 1 aromatic heterocycles. The van der Waals surface area contributed by atoms with E-state index in [0.717, 1.165) is 0 Å². The quantitative estimate of drug-likeness (QED) is 0.770. The van der Waals surface area contributed by atoms with Crippen molar-refractivity contribution in [1.82, 2.24) is 4.98 Å². The maximum absolute atomic E-state index is 13.1. The highest BCUT2D eigenvalue weighted by atomic mass is 35.5. The molecule has 1 heterocycles. The van der Waals surface area contributed by atoms with Crippen LogP contribution in [0.5, 0.6) is 0 Å². The maximum Gasteiger partial charge on any atom is 0.228 e. The Morgan fingerprint density at radius 2 is 2.10 bits per heavy atom. The molecule has 0 bridgehead atoms. The molecule has 106 valence electrons. The van der Waals surface area contributed by atoms with E-state index in [9.17, 15) is 9.18 Å². The topological polar surface area (TPSA) is 55.1 Å². The van der Waals surface area contributed by atoms with Crippen molar-refractivity contribution in [1.29, 1.82) is 0 Å². The molecule has 4 nitrogen and oxygen atoms in total. The van der Waals surface area contributed by atoms with Crippen molar-refractivity contribution in [2.45, 2.75) is 6.92 Å². The molecule has 6 heteroatoms. The Kier molecular flexibility index (Phi) is 3.35. The fraction of sp³-hybridized carbons (Fsp3) is 0.0667. The van der Waals surface area contributed by atoms with Crippen molar-refractivity contribution in [3.05, 3.63) is 47.2 Å². The molecule has 0 saturated carbocycles. The highest BCUT2D eigenvalue weighted by Gasteiger charge is 2.12. The van der Waals surface area contributed by atoms with Crippen LogP contribution in [-0.4, -0.2) is 10.9 Å². The van der Waals surface area contributed by atoms with Gasteiger partial charge >= 0.3 is 0 Å². The molecule has 21 heavy (non-hydrogen) atoms. The lowest BCUT2D eigenvalue weighted by Crippen LogP contribution is -2.05. The predicted molar refractivity (Wildman–Crippen MR) is 78.7 cm³/mol. The van der Waals surface area contributed by atoms with Gasteiger partial charge in [0.15, 0.2) is 5.58 Å². The van der Waals surface area contributed by atoms with Crippen LogP contribution in [0.2, 0.25) is 5.02 Å². The van der Waals surface area contributed by atoms with E-state index in [0.29, 0.717) is 28.2 Å². The third-order valence-corrected chi connectivity index (χ3v) is 3.18. The third kappa shape index (κ3) is 2.73. The molecule has 0 aliphatic rings. The van der Waals surface area contributed by atoms with E-state index in [2.05, 4.69) is 10.3 Å². The number of rotatable bonds is 2. The monoisotopic (exact) mass is 304 g/mol. The first-order valence-corrected chi connectivity index (χ1v) is 6.54. The summed E-state index contributed by atoms with van der Waals surface area (Å²) in [5.41, 5.74) is 2.27. The van der Waals surface area contributed by atoms with Gasteiger partial charge in [-0.2, -0.15) is 0 Å². The number of carbonyl (C=O) groups is 1. The summed E-state index contributed by atoms with van der Waals surface area (Å²) in [6, 6.07) is 9.12. The van der Waals surface area contributed by atoms with Crippen LogP contribution in [-0.2, 0) is 4.79 Å². The fourth-order valence-corrected chi connectivity index (χ4v) is 2.23. The number of fused-ring (bicyclic) bond motifs is 1. The number of hydrogen-bond donors (Lipinski definition) is 1. The van der Waals surface area contributed by atoms with E-state index in [1.807, 2.05) is 0 Å². The van der Waals surface area contributed by atoms with Gasteiger partial charge in [-0.15, -0.1) is 0 Å². The van der Waals surface area contributed by atoms with Gasteiger partial charge in [-0.25, -0.2) is 9.37 Å². The number of anilines is 1. The Labute approximate surface area is 124 Å². The SMILES string of the molecule is CC(=O)Nc1ccc2oc(-c3ccc(F)cc3Cl)nc2c1. The summed E-state index contributed by atoms with van der Waals surface area (Å²) in [6.07, 6.45) is 0. The summed E-state index contributed by atoms with van der Waals surface area (Å²) >= 11 is 5.99. The lowest BCUT2D eigenvalue weighted by atomic mass is 10.2. The second kappa shape index (κ2) is 5.18. The number of benzene rings is 2. The Hall–Kier alpha value is -2.40. The molecular weight excluding hydrogens is 295 g/mol. The molecule has 0 fully saturated rings. The average molecular weight is 305 g/mol. The van der Waals surface area contributed by atoms with E-state index in [4.69, 9.17) is 16.0 Å². The number of amides is 1. The number of aromatic nitrogens is 1. The van der Waals surface area contributed by atoms with E-state index < -0.39 is 5.82 Å². The molecule has 0 aliphatic carbocycles. The van der Waals surface area contributed by atoms with Crippen LogP contribution < -0.4 is 5.32 Å². The van der Waals surface area contributed by atoms with Crippen LogP contribution >= 0.6 is 11.6 Å². The van der Waals surface area contributed by atoms with Gasteiger partial charge in [0.05, 0.1) is 10.6 Å². The largest absolute Gasteiger partial charge is 0.436 e. The lowest BCUT2D eigenvalue weighted by molar-refractivity contribution is -0.114. The van der Waals surface area contributed by atoms with Gasteiger partial charge in [0.2, 0.25) is 11.8 Å². The summed E-state index contributed by atoms with van der Waals surface area (Å²) in [5.74, 6) is -0.289. The Balaban J connectivity index is 2.06. The lowest BCUT2D eigenvalue weighted by Gasteiger charge is -1.99. The van der Waals surface area contributed by atoms with Crippen LogP contribution in [0.15, 0.2) is 40.8 Å². The molecule has 3 rings (SSSR count). The van der Waals surface area contributed by atoms with Crippen LogP contribution in [0.1, 0.15) is 6.92 Å². The van der Waals surface area contributed by atoms with E-state index in [1.54, 1.807) is 18.2 Å². The number of halogens is 2. The molecule has 0 spiro atoms.